The van der Waals surface area contributed by atoms with Crippen LogP contribution in [0.2, 0.25) is 0 Å². The van der Waals surface area contributed by atoms with Crippen LogP contribution in [0, 0.1) is 0 Å². The highest BCUT2D eigenvalue weighted by molar-refractivity contribution is 5.25. The summed E-state index contributed by atoms with van der Waals surface area (Å²) in [6.07, 6.45) is 4.46. The highest BCUT2D eigenvalue weighted by Crippen LogP contribution is 2.32. The van der Waals surface area contributed by atoms with E-state index in [1.54, 1.807) is 13.3 Å². The number of nitrogens with zero attached hydrogens (tertiary/aromatic N) is 2. The van der Waals surface area contributed by atoms with Crippen LogP contribution in [0.5, 0.6) is 5.88 Å². The maximum atomic E-state index is 5.98. The molecule has 0 radical (unpaired) electrons. The molecule has 1 aromatic rings. The Labute approximate surface area is 126 Å². The highest BCUT2D eigenvalue weighted by atomic mass is 16.5. The number of pyridine rings is 1. The van der Waals surface area contributed by atoms with Gasteiger partial charge in [-0.1, -0.05) is 6.07 Å². The maximum Gasteiger partial charge on any atom is 0.217 e. The molecule has 3 heterocycles. The van der Waals surface area contributed by atoms with Crippen molar-refractivity contribution in [3.05, 3.63) is 23.9 Å². The van der Waals surface area contributed by atoms with E-state index in [4.69, 9.17) is 14.2 Å². The van der Waals surface area contributed by atoms with Gasteiger partial charge in [-0.3, -0.25) is 4.90 Å². The molecule has 2 aliphatic rings. The Morgan fingerprint density at radius 1 is 1.48 bits per heavy atom. The highest BCUT2D eigenvalue weighted by Gasteiger charge is 2.44. The van der Waals surface area contributed by atoms with Gasteiger partial charge in [0.1, 0.15) is 6.10 Å². The fourth-order valence-corrected chi connectivity index (χ4v) is 3.49. The molecule has 0 amide bonds. The molecule has 3 atom stereocenters. The average molecular weight is 292 g/mol. The van der Waals surface area contributed by atoms with Crippen molar-refractivity contribution in [3.63, 3.8) is 0 Å². The Bertz CT molecular complexity index is 469. The van der Waals surface area contributed by atoms with Crippen LogP contribution in [-0.4, -0.2) is 55.0 Å². The van der Waals surface area contributed by atoms with Gasteiger partial charge in [-0.15, -0.1) is 0 Å². The Kier molecular flexibility index (Phi) is 4.73. The van der Waals surface area contributed by atoms with Crippen LogP contribution >= 0.6 is 0 Å². The Hall–Kier alpha value is -1.17. The molecule has 3 rings (SSSR count). The first-order chi connectivity index (χ1) is 10.3. The lowest BCUT2D eigenvalue weighted by Crippen LogP contribution is -2.41. The molecule has 0 aliphatic carbocycles. The van der Waals surface area contributed by atoms with Crippen molar-refractivity contribution in [1.82, 2.24) is 9.88 Å². The van der Waals surface area contributed by atoms with Crippen LogP contribution in [-0.2, 0) is 16.0 Å². The normalized spacial score (nSPS) is 29.3. The van der Waals surface area contributed by atoms with Crippen LogP contribution < -0.4 is 4.74 Å². The predicted octanol–water partition coefficient (Wildman–Crippen LogP) is 1.86. The zero-order chi connectivity index (χ0) is 14.7. The standard InChI is InChI=1S/C16H24N2O3/c1-3-20-14-11-18(13-7-5-9-21-15(13)14)10-12-6-4-8-17-16(12)19-2/h4,6,8,13-15H,3,5,7,9-11H2,1-2H3/t13-,14+,15+/m1/s1. The van der Waals surface area contributed by atoms with E-state index >= 15 is 0 Å². The molecule has 2 fully saturated rings. The topological polar surface area (TPSA) is 43.8 Å². The molecule has 0 aromatic carbocycles. The summed E-state index contributed by atoms with van der Waals surface area (Å²) in [5.41, 5.74) is 1.13. The second-order valence-electron chi connectivity index (χ2n) is 5.64. The SMILES string of the molecule is CCO[C@H]1CN(Cc2cccnc2OC)[C@@H]2CCCO[C@H]12. The fourth-order valence-electron chi connectivity index (χ4n) is 3.49. The third-order valence-corrected chi connectivity index (χ3v) is 4.38. The zero-order valence-corrected chi connectivity index (χ0v) is 12.8. The Morgan fingerprint density at radius 3 is 3.19 bits per heavy atom. The van der Waals surface area contributed by atoms with Crippen molar-refractivity contribution in [2.75, 3.05) is 26.9 Å². The lowest BCUT2D eigenvalue weighted by Gasteiger charge is -2.32. The summed E-state index contributed by atoms with van der Waals surface area (Å²) < 4.78 is 17.2. The van der Waals surface area contributed by atoms with Gasteiger partial charge in [0, 0.05) is 44.1 Å². The Balaban J connectivity index is 1.75. The summed E-state index contributed by atoms with van der Waals surface area (Å²) in [6, 6.07) is 4.49. The molecular formula is C16H24N2O3. The number of likely N-dealkylation sites (tertiary alicyclic amines) is 1. The van der Waals surface area contributed by atoms with E-state index in [0.29, 0.717) is 11.9 Å². The van der Waals surface area contributed by atoms with Crippen molar-refractivity contribution in [2.24, 2.45) is 0 Å². The van der Waals surface area contributed by atoms with E-state index in [0.717, 1.165) is 38.3 Å². The van der Waals surface area contributed by atoms with Gasteiger partial charge in [0.25, 0.3) is 0 Å². The molecule has 21 heavy (non-hydrogen) atoms. The first-order valence-corrected chi connectivity index (χ1v) is 7.78. The summed E-state index contributed by atoms with van der Waals surface area (Å²) in [4.78, 5) is 6.75. The average Bonchev–Trinajstić information content (AvgIpc) is 2.87. The van der Waals surface area contributed by atoms with Crippen LogP contribution in [0.3, 0.4) is 0 Å². The lowest BCUT2D eigenvalue weighted by atomic mass is 10.0. The first-order valence-electron chi connectivity index (χ1n) is 7.78. The fraction of sp³-hybridized carbons (Fsp3) is 0.688. The molecule has 0 N–H and O–H groups in total. The van der Waals surface area contributed by atoms with Crippen LogP contribution in [0.1, 0.15) is 25.3 Å². The van der Waals surface area contributed by atoms with E-state index in [2.05, 4.69) is 16.0 Å². The van der Waals surface area contributed by atoms with Gasteiger partial charge in [-0.25, -0.2) is 4.98 Å². The molecule has 5 nitrogen and oxygen atoms in total. The third-order valence-electron chi connectivity index (χ3n) is 4.38. The van der Waals surface area contributed by atoms with Gasteiger partial charge in [0.15, 0.2) is 0 Å². The molecule has 2 saturated heterocycles. The van der Waals surface area contributed by atoms with Gasteiger partial charge in [0.2, 0.25) is 5.88 Å². The number of methoxy groups -OCH3 is 1. The molecular weight excluding hydrogens is 268 g/mol. The van der Waals surface area contributed by atoms with E-state index in [9.17, 15) is 0 Å². The molecule has 0 saturated carbocycles. The minimum atomic E-state index is 0.183. The number of hydrogen-bond donors (Lipinski definition) is 0. The molecule has 5 heteroatoms. The predicted molar refractivity (Wildman–Crippen MR) is 79.4 cm³/mol. The molecule has 2 aliphatic heterocycles. The number of hydrogen-bond acceptors (Lipinski definition) is 5. The van der Waals surface area contributed by atoms with Crippen molar-refractivity contribution >= 4 is 0 Å². The zero-order valence-electron chi connectivity index (χ0n) is 12.8. The van der Waals surface area contributed by atoms with Gasteiger partial charge >= 0.3 is 0 Å². The van der Waals surface area contributed by atoms with Gasteiger partial charge < -0.3 is 14.2 Å². The quantitative estimate of drug-likeness (QED) is 0.829. The minimum Gasteiger partial charge on any atom is -0.481 e. The lowest BCUT2D eigenvalue weighted by molar-refractivity contribution is -0.0749. The van der Waals surface area contributed by atoms with Crippen molar-refractivity contribution in [2.45, 2.75) is 44.6 Å². The van der Waals surface area contributed by atoms with Crippen LogP contribution in [0.15, 0.2) is 18.3 Å². The molecule has 0 spiro atoms. The van der Waals surface area contributed by atoms with Gasteiger partial charge in [-0.2, -0.15) is 0 Å². The van der Waals surface area contributed by atoms with Gasteiger partial charge in [0.05, 0.1) is 13.2 Å². The third kappa shape index (κ3) is 3.05. The van der Waals surface area contributed by atoms with Gasteiger partial charge in [-0.05, 0) is 25.8 Å². The van der Waals surface area contributed by atoms with Crippen molar-refractivity contribution in [3.8, 4) is 5.88 Å². The number of aromatic nitrogens is 1. The Morgan fingerprint density at radius 2 is 2.38 bits per heavy atom. The summed E-state index contributed by atoms with van der Waals surface area (Å²) >= 11 is 0. The summed E-state index contributed by atoms with van der Waals surface area (Å²) in [7, 11) is 1.67. The smallest absolute Gasteiger partial charge is 0.217 e. The van der Waals surface area contributed by atoms with Crippen molar-refractivity contribution in [1.29, 1.82) is 0 Å². The number of rotatable bonds is 5. The number of fused-ring (bicyclic) bond motifs is 1. The summed E-state index contributed by atoms with van der Waals surface area (Å²) in [6.45, 7) is 5.40. The van der Waals surface area contributed by atoms with E-state index in [1.807, 2.05) is 13.0 Å². The summed E-state index contributed by atoms with van der Waals surface area (Å²) in [5, 5.41) is 0. The molecule has 116 valence electrons. The van der Waals surface area contributed by atoms with Crippen LogP contribution in [0.4, 0.5) is 0 Å². The first kappa shape index (κ1) is 14.8. The van der Waals surface area contributed by atoms with Crippen molar-refractivity contribution < 1.29 is 14.2 Å². The summed E-state index contributed by atoms with van der Waals surface area (Å²) in [5.74, 6) is 0.714. The minimum absolute atomic E-state index is 0.183. The second kappa shape index (κ2) is 6.73. The molecule has 0 unspecified atom stereocenters. The number of ether oxygens (including phenoxy) is 3. The molecule has 1 aromatic heterocycles. The monoisotopic (exact) mass is 292 g/mol. The second-order valence-corrected chi connectivity index (χ2v) is 5.64. The van der Waals surface area contributed by atoms with Crippen LogP contribution in [0.25, 0.3) is 0 Å². The van der Waals surface area contributed by atoms with E-state index in [-0.39, 0.29) is 12.2 Å². The maximum absolute atomic E-state index is 5.98. The largest absolute Gasteiger partial charge is 0.481 e. The van der Waals surface area contributed by atoms with E-state index in [1.165, 1.54) is 6.42 Å². The van der Waals surface area contributed by atoms with E-state index < -0.39 is 0 Å². The molecule has 0 bridgehead atoms.